The van der Waals surface area contributed by atoms with Crippen LogP contribution >= 0.6 is 0 Å². The van der Waals surface area contributed by atoms with Crippen LogP contribution in [-0.2, 0) is 9.59 Å². The number of carbonyl (C=O) groups is 2. The smallest absolute Gasteiger partial charge is 0.308 e. The lowest BCUT2D eigenvalue weighted by molar-refractivity contribution is -0.145. The van der Waals surface area contributed by atoms with Crippen LogP contribution in [0.25, 0.3) is 0 Å². The number of carboxylic acids is 1. The Bertz CT molecular complexity index is 230. The third kappa shape index (κ3) is 2.70. The van der Waals surface area contributed by atoms with Gasteiger partial charge in [0.1, 0.15) is 0 Å². The van der Waals surface area contributed by atoms with E-state index in [1.807, 2.05) is 0 Å². The molecule has 5 heteroatoms. The number of hydrogen-bond donors (Lipinski definition) is 2. The zero-order valence-corrected chi connectivity index (χ0v) is 8.11. The summed E-state index contributed by atoms with van der Waals surface area (Å²) in [5.74, 6) is -1.24. The molecular formula is C9H16N2O3. The van der Waals surface area contributed by atoms with Gasteiger partial charge in [-0.2, -0.15) is 0 Å². The zero-order chi connectivity index (χ0) is 10.6. The Hall–Kier alpha value is -1.10. The van der Waals surface area contributed by atoms with Gasteiger partial charge in [-0.05, 0) is 12.8 Å². The molecule has 0 spiro atoms. The van der Waals surface area contributed by atoms with Crippen molar-refractivity contribution in [3.8, 4) is 0 Å². The molecule has 0 radical (unpaired) electrons. The van der Waals surface area contributed by atoms with E-state index in [-0.39, 0.29) is 5.91 Å². The van der Waals surface area contributed by atoms with Crippen LogP contribution in [0.5, 0.6) is 0 Å². The Kier molecular flexibility index (Phi) is 3.88. The maximum Gasteiger partial charge on any atom is 0.308 e. The van der Waals surface area contributed by atoms with E-state index in [0.29, 0.717) is 32.5 Å². The summed E-state index contributed by atoms with van der Waals surface area (Å²) < 4.78 is 0. The van der Waals surface area contributed by atoms with Gasteiger partial charge in [-0.25, -0.2) is 0 Å². The Morgan fingerprint density at radius 3 is 2.79 bits per heavy atom. The number of amides is 1. The van der Waals surface area contributed by atoms with Crippen LogP contribution < -0.4 is 5.73 Å². The average molecular weight is 200 g/mol. The monoisotopic (exact) mass is 200 g/mol. The molecule has 0 unspecified atom stereocenters. The molecule has 1 heterocycles. The van der Waals surface area contributed by atoms with Crippen LogP contribution in [0, 0.1) is 5.92 Å². The molecule has 1 aliphatic heterocycles. The van der Waals surface area contributed by atoms with Gasteiger partial charge in [0.25, 0.3) is 0 Å². The van der Waals surface area contributed by atoms with Crippen LogP contribution in [-0.4, -0.2) is 41.5 Å². The lowest BCUT2D eigenvalue weighted by Crippen LogP contribution is -2.42. The molecular weight excluding hydrogens is 184 g/mol. The standard InChI is InChI=1S/C9H16N2O3/c10-4-3-8(12)11-5-1-2-7(6-11)9(13)14/h7H,1-6,10H2,(H,13,14)/t7-/m0/s1. The van der Waals surface area contributed by atoms with E-state index >= 15 is 0 Å². The van der Waals surface area contributed by atoms with Crippen LogP contribution in [0.2, 0.25) is 0 Å². The summed E-state index contributed by atoms with van der Waals surface area (Å²) in [5, 5.41) is 8.81. The summed E-state index contributed by atoms with van der Waals surface area (Å²) >= 11 is 0. The van der Waals surface area contributed by atoms with Crippen molar-refractivity contribution in [1.82, 2.24) is 4.90 Å². The van der Waals surface area contributed by atoms with Gasteiger partial charge in [0, 0.05) is 26.1 Å². The van der Waals surface area contributed by atoms with Crippen molar-refractivity contribution >= 4 is 11.9 Å². The third-order valence-corrected chi connectivity index (χ3v) is 2.48. The van der Waals surface area contributed by atoms with E-state index in [1.54, 1.807) is 4.90 Å². The second kappa shape index (κ2) is 4.95. The van der Waals surface area contributed by atoms with Gasteiger partial charge >= 0.3 is 5.97 Å². The van der Waals surface area contributed by atoms with Gasteiger partial charge in [-0.3, -0.25) is 9.59 Å². The fraction of sp³-hybridized carbons (Fsp3) is 0.778. The van der Waals surface area contributed by atoms with Crippen LogP contribution in [0.3, 0.4) is 0 Å². The van der Waals surface area contributed by atoms with E-state index in [4.69, 9.17) is 10.8 Å². The second-order valence-electron chi connectivity index (χ2n) is 3.56. The molecule has 1 amide bonds. The molecule has 1 aliphatic rings. The minimum atomic E-state index is -0.810. The van der Waals surface area contributed by atoms with Crippen molar-refractivity contribution in [3.63, 3.8) is 0 Å². The van der Waals surface area contributed by atoms with Crippen molar-refractivity contribution in [1.29, 1.82) is 0 Å². The van der Waals surface area contributed by atoms with Crippen LogP contribution in [0.1, 0.15) is 19.3 Å². The number of carbonyl (C=O) groups excluding carboxylic acids is 1. The summed E-state index contributed by atoms with van der Waals surface area (Å²) in [6, 6.07) is 0. The summed E-state index contributed by atoms with van der Waals surface area (Å²) in [4.78, 5) is 23.7. The number of rotatable bonds is 3. The first-order valence-electron chi connectivity index (χ1n) is 4.85. The topological polar surface area (TPSA) is 83.6 Å². The summed E-state index contributed by atoms with van der Waals surface area (Å²) in [7, 11) is 0. The molecule has 1 rings (SSSR count). The minimum Gasteiger partial charge on any atom is -0.481 e. The van der Waals surface area contributed by atoms with Crippen LogP contribution in [0.15, 0.2) is 0 Å². The molecule has 0 aromatic rings. The van der Waals surface area contributed by atoms with E-state index < -0.39 is 11.9 Å². The second-order valence-corrected chi connectivity index (χ2v) is 3.56. The van der Waals surface area contributed by atoms with Gasteiger partial charge in [0.15, 0.2) is 0 Å². The van der Waals surface area contributed by atoms with E-state index in [0.717, 1.165) is 6.42 Å². The van der Waals surface area contributed by atoms with E-state index in [2.05, 4.69) is 0 Å². The van der Waals surface area contributed by atoms with Crippen molar-refractivity contribution < 1.29 is 14.7 Å². The highest BCUT2D eigenvalue weighted by molar-refractivity contribution is 5.78. The molecule has 80 valence electrons. The molecule has 0 aromatic heterocycles. The van der Waals surface area contributed by atoms with Gasteiger partial charge in [-0.15, -0.1) is 0 Å². The maximum atomic E-state index is 11.4. The Labute approximate surface area is 82.9 Å². The van der Waals surface area contributed by atoms with E-state index in [9.17, 15) is 9.59 Å². The maximum absolute atomic E-state index is 11.4. The normalized spacial score (nSPS) is 22.1. The summed E-state index contributed by atoms with van der Waals surface area (Å²) in [6.07, 6.45) is 1.75. The molecule has 0 saturated carbocycles. The van der Waals surface area contributed by atoms with E-state index in [1.165, 1.54) is 0 Å². The first kappa shape index (κ1) is 11.0. The molecule has 1 saturated heterocycles. The largest absolute Gasteiger partial charge is 0.481 e. The van der Waals surface area contributed by atoms with Crippen LogP contribution in [0.4, 0.5) is 0 Å². The number of likely N-dealkylation sites (tertiary alicyclic amines) is 1. The molecule has 0 aromatic carbocycles. The fourth-order valence-electron chi connectivity index (χ4n) is 1.69. The third-order valence-electron chi connectivity index (χ3n) is 2.48. The minimum absolute atomic E-state index is 0.0292. The lowest BCUT2D eigenvalue weighted by atomic mass is 9.98. The van der Waals surface area contributed by atoms with Gasteiger partial charge in [0.2, 0.25) is 5.91 Å². The average Bonchev–Trinajstić information content (AvgIpc) is 2.18. The predicted octanol–water partition coefficient (Wildman–Crippen LogP) is -0.342. The van der Waals surface area contributed by atoms with Gasteiger partial charge in [-0.1, -0.05) is 0 Å². The Morgan fingerprint density at radius 2 is 2.21 bits per heavy atom. The number of aliphatic carboxylic acids is 1. The zero-order valence-electron chi connectivity index (χ0n) is 8.11. The summed E-state index contributed by atoms with van der Waals surface area (Å²) in [5.41, 5.74) is 5.27. The van der Waals surface area contributed by atoms with Crippen molar-refractivity contribution in [2.75, 3.05) is 19.6 Å². The predicted molar refractivity (Wildman–Crippen MR) is 50.6 cm³/mol. The number of hydrogen-bond acceptors (Lipinski definition) is 3. The number of carboxylic acid groups (broad SMARTS) is 1. The molecule has 5 nitrogen and oxygen atoms in total. The summed E-state index contributed by atoms with van der Waals surface area (Å²) in [6.45, 7) is 1.34. The number of nitrogens with two attached hydrogens (primary N) is 1. The van der Waals surface area contributed by atoms with Crippen molar-refractivity contribution in [3.05, 3.63) is 0 Å². The highest BCUT2D eigenvalue weighted by atomic mass is 16.4. The molecule has 0 aliphatic carbocycles. The molecule has 1 fully saturated rings. The lowest BCUT2D eigenvalue weighted by Gasteiger charge is -2.30. The molecule has 1 atom stereocenters. The van der Waals surface area contributed by atoms with Crippen molar-refractivity contribution in [2.24, 2.45) is 11.7 Å². The Balaban J connectivity index is 2.47. The van der Waals surface area contributed by atoms with Crippen molar-refractivity contribution in [2.45, 2.75) is 19.3 Å². The Morgan fingerprint density at radius 1 is 1.50 bits per heavy atom. The quantitative estimate of drug-likeness (QED) is 0.652. The highest BCUT2D eigenvalue weighted by Crippen LogP contribution is 2.16. The molecule has 3 N–H and O–H groups in total. The first-order chi connectivity index (χ1) is 6.65. The highest BCUT2D eigenvalue weighted by Gasteiger charge is 2.27. The van der Waals surface area contributed by atoms with Gasteiger partial charge < -0.3 is 15.7 Å². The van der Waals surface area contributed by atoms with Gasteiger partial charge in [0.05, 0.1) is 5.92 Å². The fourth-order valence-corrected chi connectivity index (χ4v) is 1.69. The first-order valence-corrected chi connectivity index (χ1v) is 4.85. The molecule has 0 bridgehead atoms. The number of piperidine rings is 1. The SMILES string of the molecule is NCCC(=O)N1CCC[C@H](C(=O)O)C1. The molecule has 14 heavy (non-hydrogen) atoms. The number of nitrogens with zero attached hydrogens (tertiary/aromatic N) is 1.